The van der Waals surface area contributed by atoms with Crippen molar-refractivity contribution in [3.05, 3.63) is 89.3 Å². The van der Waals surface area contributed by atoms with Crippen molar-refractivity contribution in [2.75, 3.05) is 33.4 Å². The number of likely N-dealkylation sites (N-methyl/N-ethyl adjacent to an activating group) is 1. The number of ether oxygens (including phenoxy) is 1. The van der Waals surface area contributed by atoms with E-state index >= 15 is 0 Å². The number of carbonyl (C=O) groups excluding carboxylic acids is 1. The van der Waals surface area contributed by atoms with Gasteiger partial charge in [-0.15, -0.1) is 0 Å². The second kappa shape index (κ2) is 11.4. The van der Waals surface area contributed by atoms with Crippen molar-refractivity contribution < 1.29 is 14.6 Å². The number of aliphatic hydroxyl groups is 1. The average Bonchev–Trinajstić information content (AvgIpc) is 3.57. The summed E-state index contributed by atoms with van der Waals surface area (Å²) in [6.45, 7) is 2.15. The monoisotopic (exact) mass is 595 g/mol. The van der Waals surface area contributed by atoms with Crippen LogP contribution in [0, 0.1) is 0 Å². The summed E-state index contributed by atoms with van der Waals surface area (Å²) >= 11 is 6.24. The molecule has 3 aromatic heterocycles. The number of aliphatic hydroxyl groups excluding tert-OH is 1. The number of likely N-dealkylation sites (tertiary alicyclic amines) is 1. The standard InChI is InChI=1S/C32H30ClN7O3/c1-38-18-22(39-17-20-7-8-21(33)13-25(20)32(39)42)14-23(19-38)40-28-15-26(30-34-9-4-10-35-30)36-16-27(28)37-31(40)24-5-2-3-6-29(24)43-12-11-41/h2-10,13,15-16,22-23,41H,11-12,14,17-19H2,1H3/t22-,23+/m0/s1. The number of rotatable bonds is 7. The van der Waals surface area contributed by atoms with Crippen LogP contribution >= 0.6 is 11.6 Å². The van der Waals surface area contributed by atoms with E-state index in [2.05, 4.69) is 31.5 Å². The number of amides is 1. The number of benzene rings is 2. The first-order chi connectivity index (χ1) is 21.0. The summed E-state index contributed by atoms with van der Waals surface area (Å²) in [5.74, 6) is 1.92. The third-order valence-electron chi connectivity index (χ3n) is 8.15. The Morgan fingerprint density at radius 2 is 1.81 bits per heavy atom. The molecule has 0 aliphatic carbocycles. The molecule has 43 heavy (non-hydrogen) atoms. The van der Waals surface area contributed by atoms with Crippen molar-refractivity contribution in [1.29, 1.82) is 0 Å². The number of para-hydroxylation sites is 1. The van der Waals surface area contributed by atoms with Gasteiger partial charge in [0, 0.05) is 48.7 Å². The summed E-state index contributed by atoms with van der Waals surface area (Å²) < 4.78 is 8.19. The summed E-state index contributed by atoms with van der Waals surface area (Å²) in [6, 6.07) is 17.0. The fourth-order valence-electron chi connectivity index (χ4n) is 6.31. The van der Waals surface area contributed by atoms with Crippen LogP contribution in [0.5, 0.6) is 5.75 Å². The number of carbonyl (C=O) groups is 1. The van der Waals surface area contributed by atoms with Gasteiger partial charge in [-0.1, -0.05) is 29.8 Å². The fourth-order valence-corrected chi connectivity index (χ4v) is 6.48. The van der Waals surface area contributed by atoms with Gasteiger partial charge in [-0.3, -0.25) is 9.78 Å². The minimum absolute atomic E-state index is 0.0164. The Labute approximate surface area is 253 Å². The Balaban J connectivity index is 1.34. The molecule has 0 bridgehead atoms. The number of hydrogen-bond acceptors (Lipinski definition) is 8. The minimum Gasteiger partial charge on any atom is -0.490 e. The van der Waals surface area contributed by atoms with Crippen LogP contribution in [0.25, 0.3) is 33.9 Å². The van der Waals surface area contributed by atoms with E-state index in [0.717, 1.165) is 47.5 Å². The van der Waals surface area contributed by atoms with Gasteiger partial charge in [-0.05, 0) is 55.4 Å². The van der Waals surface area contributed by atoms with Crippen molar-refractivity contribution in [3.63, 3.8) is 0 Å². The lowest BCUT2D eigenvalue weighted by Gasteiger charge is -2.41. The first-order valence-electron chi connectivity index (χ1n) is 14.3. The number of aromatic nitrogens is 5. The zero-order valence-corrected chi connectivity index (χ0v) is 24.4. The predicted octanol–water partition coefficient (Wildman–Crippen LogP) is 4.48. The second-order valence-corrected chi connectivity index (χ2v) is 11.4. The zero-order valence-electron chi connectivity index (χ0n) is 23.6. The first kappa shape index (κ1) is 27.5. The molecule has 1 saturated heterocycles. The van der Waals surface area contributed by atoms with Crippen LogP contribution in [-0.2, 0) is 6.54 Å². The van der Waals surface area contributed by atoms with E-state index in [9.17, 15) is 9.90 Å². The maximum atomic E-state index is 13.6. The minimum atomic E-state index is -0.0956. The van der Waals surface area contributed by atoms with Crippen LogP contribution in [0.1, 0.15) is 28.4 Å². The smallest absolute Gasteiger partial charge is 0.254 e. The van der Waals surface area contributed by atoms with Crippen LogP contribution in [0.3, 0.4) is 0 Å². The molecule has 0 saturated carbocycles. The molecule has 5 heterocycles. The zero-order chi connectivity index (χ0) is 29.5. The molecule has 2 atom stereocenters. The number of imidazole rings is 1. The van der Waals surface area contributed by atoms with Gasteiger partial charge in [0.1, 0.15) is 29.4 Å². The van der Waals surface area contributed by atoms with E-state index in [-0.39, 0.29) is 31.2 Å². The van der Waals surface area contributed by atoms with E-state index < -0.39 is 0 Å². The van der Waals surface area contributed by atoms with Crippen molar-refractivity contribution in [3.8, 4) is 28.7 Å². The number of piperidine rings is 1. The highest BCUT2D eigenvalue weighted by molar-refractivity contribution is 6.31. The topological polar surface area (TPSA) is 110 Å². The van der Waals surface area contributed by atoms with Crippen LogP contribution in [-0.4, -0.2) is 84.7 Å². The quantitative estimate of drug-likeness (QED) is 0.293. The molecule has 2 aliphatic rings. The lowest BCUT2D eigenvalue weighted by molar-refractivity contribution is 0.0532. The summed E-state index contributed by atoms with van der Waals surface area (Å²) in [7, 11) is 2.09. The molecule has 2 aliphatic heterocycles. The van der Waals surface area contributed by atoms with E-state index in [1.54, 1.807) is 30.7 Å². The molecule has 1 N–H and O–H groups in total. The highest BCUT2D eigenvalue weighted by Crippen LogP contribution is 2.39. The van der Waals surface area contributed by atoms with E-state index in [1.807, 2.05) is 47.4 Å². The molecule has 218 valence electrons. The second-order valence-electron chi connectivity index (χ2n) is 11.0. The van der Waals surface area contributed by atoms with Crippen molar-refractivity contribution >= 4 is 28.5 Å². The summed E-state index contributed by atoms with van der Waals surface area (Å²) in [5.41, 5.74) is 4.77. The Morgan fingerprint density at radius 1 is 1.00 bits per heavy atom. The Kier molecular flexibility index (Phi) is 7.26. The van der Waals surface area contributed by atoms with Crippen molar-refractivity contribution in [1.82, 2.24) is 34.3 Å². The number of hydrogen-bond donors (Lipinski definition) is 1. The molecule has 2 aromatic carbocycles. The summed E-state index contributed by atoms with van der Waals surface area (Å²) in [4.78, 5) is 36.3. The highest BCUT2D eigenvalue weighted by Gasteiger charge is 2.38. The van der Waals surface area contributed by atoms with Crippen molar-refractivity contribution in [2.45, 2.75) is 25.0 Å². The fraction of sp³-hybridized carbons (Fsp3) is 0.281. The predicted molar refractivity (Wildman–Crippen MR) is 163 cm³/mol. The molecule has 1 amide bonds. The van der Waals surface area contributed by atoms with E-state index in [0.29, 0.717) is 34.4 Å². The largest absolute Gasteiger partial charge is 0.490 e. The Hall–Kier alpha value is -4.38. The number of fused-ring (bicyclic) bond motifs is 2. The van der Waals surface area contributed by atoms with Gasteiger partial charge in [0.25, 0.3) is 5.91 Å². The third-order valence-corrected chi connectivity index (χ3v) is 8.38. The van der Waals surface area contributed by atoms with Gasteiger partial charge < -0.3 is 24.2 Å². The molecule has 10 nitrogen and oxygen atoms in total. The normalized spacial score (nSPS) is 18.8. The number of halogens is 1. The Bertz CT molecular complexity index is 1810. The average molecular weight is 596 g/mol. The van der Waals surface area contributed by atoms with Crippen LogP contribution in [0.2, 0.25) is 5.02 Å². The number of nitrogens with zero attached hydrogens (tertiary/aromatic N) is 7. The van der Waals surface area contributed by atoms with Gasteiger partial charge in [-0.2, -0.15) is 0 Å². The van der Waals surface area contributed by atoms with Gasteiger partial charge in [0.15, 0.2) is 5.82 Å². The molecule has 0 spiro atoms. The molecule has 0 unspecified atom stereocenters. The van der Waals surface area contributed by atoms with Crippen LogP contribution in [0.15, 0.2) is 73.2 Å². The summed E-state index contributed by atoms with van der Waals surface area (Å²) in [6.07, 6.45) is 5.89. The Morgan fingerprint density at radius 3 is 2.65 bits per heavy atom. The molecule has 5 aromatic rings. The van der Waals surface area contributed by atoms with E-state index in [4.69, 9.17) is 21.3 Å². The van der Waals surface area contributed by atoms with Gasteiger partial charge >= 0.3 is 0 Å². The molecular formula is C32H30ClN7O3. The molecule has 7 rings (SSSR count). The van der Waals surface area contributed by atoms with E-state index in [1.165, 1.54) is 0 Å². The first-order valence-corrected chi connectivity index (χ1v) is 14.6. The van der Waals surface area contributed by atoms with Gasteiger partial charge in [0.2, 0.25) is 0 Å². The molecule has 1 fully saturated rings. The van der Waals surface area contributed by atoms with Crippen LogP contribution in [0.4, 0.5) is 0 Å². The maximum Gasteiger partial charge on any atom is 0.254 e. The highest BCUT2D eigenvalue weighted by atomic mass is 35.5. The van der Waals surface area contributed by atoms with Crippen molar-refractivity contribution in [2.24, 2.45) is 0 Å². The lowest BCUT2D eigenvalue weighted by Crippen LogP contribution is -2.50. The SMILES string of the molecule is CN1C[C@@H](N2Cc3ccc(Cl)cc3C2=O)C[C@@H](n2c(-c3ccccc3OCCO)nc3cnc(-c4ncccn4)cc32)C1. The molecule has 0 radical (unpaired) electrons. The third kappa shape index (κ3) is 5.11. The van der Waals surface area contributed by atoms with Gasteiger partial charge in [0.05, 0.1) is 29.9 Å². The van der Waals surface area contributed by atoms with Crippen LogP contribution < -0.4 is 4.74 Å². The molecule has 11 heteroatoms. The lowest BCUT2D eigenvalue weighted by atomic mass is 9.98. The summed E-state index contributed by atoms with van der Waals surface area (Å²) in [5, 5.41) is 10.0. The van der Waals surface area contributed by atoms with Gasteiger partial charge in [-0.25, -0.2) is 15.0 Å². The number of pyridine rings is 1. The maximum absolute atomic E-state index is 13.6. The molecular weight excluding hydrogens is 566 g/mol.